The van der Waals surface area contributed by atoms with Crippen LogP contribution in [-0.2, 0) is 5.54 Å². The summed E-state index contributed by atoms with van der Waals surface area (Å²) in [5.74, 6) is 1.84. The average Bonchev–Trinajstić information content (AvgIpc) is 2.46. The molecule has 4 heteroatoms. The van der Waals surface area contributed by atoms with Crippen molar-refractivity contribution in [2.75, 3.05) is 18.1 Å². The molecular formula is C16H24N2OS. The van der Waals surface area contributed by atoms with Gasteiger partial charge in [-0.05, 0) is 43.8 Å². The number of nitrogens with zero attached hydrogens (tertiary/aromatic N) is 1. The Balaban J connectivity index is 2.76. The normalized spacial score (nSPS) is 13.9. The number of benzene rings is 1. The molecule has 0 aliphatic heterocycles. The third-order valence-corrected chi connectivity index (χ3v) is 4.13. The van der Waals surface area contributed by atoms with Crippen LogP contribution in [0.15, 0.2) is 30.3 Å². The van der Waals surface area contributed by atoms with Crippen molar-refractivity contribution in [3.05, 3.63) is 35.9 Å². The molecule has 0 aliphatic rings. The van der Waals surface area contributed by atoms with E-state index in [1.54, 1.807) is 11.8 Å². The monoisotopic (exact) mass is 292 g/mol. The minimum Gasteiger partial charge on any atom is -0.396 e. The average molecular weight is 292 g/mol. The molecule has 0 fully saturated rings. The Morgan fingerprint density at radius 3 is 2.55 bits per heavy atom. The minimum atomic E-state index is -0.623. The fourth-order valence-electron chi connectivity index (χ4n) is 2.16. The van der Waals surface area contributed by atoms with Crippen molar-refractivity contribution < 1.29 is 5.11 Å². The largest absolute Gasteiger partial charge is 0.396 e. The Morgan fingerprint density at radius 2 is 2.00 bits per heavy atom. The molecule has 1 unspecified atom stereocenters. The van der Waals surface area contributed by atoms with Crippen molar-refractivity contribution in [1.29, 1.82) is 5.26 Å². The number of thioether (sulfide) groups is 1. The summed E-state index contributed by atoms with van der Waals surface area (Å²) in [4.78, 5) is 0. The number of rotatable bonds is 9. The first-order valence-corrected chi connectivity index (χ1v) is 8.23. The van der Waals surface area contributed by atoms with Crippen molar-refractivity contribution >= 4 is 11.8 Å². The van der Waals surface area contributed by atoms with Crippen LogP contribution in [0.1, 0.15) is 32.3 Å². The molecule has 110 valence electrons. The van der Waals surface area contributed by atoms with Gasteiger partial charge in [-0.1, -0.05) is 30.3 Å². The van der Waals surface area contributed by atoms with E-state index in [1.807, 2.05) is 30.3 Å². The summed E-state index contributed by atoms with van der Waals surface area (Å²) >= 11 is 1.79. The van der Waals surface area contributed by atoms with Gasteiger partial charge in [-0.3, -0.25) is 5.32 Å². The van der Waals surface area contributed by atoms with Gasteiger partial charge in [0.1, 0.15) is 5.54 Å². The van der Waals surface area contributed by atoms with Crippen molar-refractivity contribution in [3.8, 4) is 6.07 Å². The van der Waals surface area contributed by atoms with Gasteiger partial charge in [-0.2, -0.15) is 17.0 Å². The van der Waals surface area contributed by atoms with Crippen molar-refractivity contribution in [3.63, 3.8) is 0 Å². The lowest BCUT2D eigenvalue weighted by molar-refractivity contribution is 0.296. The van der Waals surface area contributed by atoms with Crippen LogP contribution in [0, 0.1) is 11.3 Å². The molecule has 0 bridgehead atoms. The van der Waals surface area contributed by atoms with Crippen molar-refractivity contribution in [1.82, 2.24) is 5.32 Å². The quantitative estimate of drug-likeness (QED) is 0.687. The first kappa shape index (κ1) is 17.0. The van der Waals surface area contributed by atoms with E-state index in [2.05, 4.69) is 25.2 Å². The zero-order valence-electron chi connectivity index (χ0n) is 12.3. The van der Waals surface area contributed by atoms with E-state index in [1.165, 1.54) is 0 Å². The van der Waals surface area contributed by atoms with Crippen LogP contribution in [0.2, 0.25) is 0 Å². The zero-order chi connectivity index (χ0) is 14.8. The van der Waals surface area contributed by atoms with E-state index in [0.29, 0.717) is 0 Å². The zero-order valence-corrected chi connectivity index (χ0v) is 13.1. The fourth-order valence-corrected chi connectivity index (χ4v) is 3.15. The first-order valence-electron chi connectivity index (χ1n) is 7.07. The van der Waals surface area contributed by atoms with Crippen LogP contribution in [-0.4, -0.2) is 29.3 Å². The number of nitrogens with one attached hydrogen (secondary N) is 1. The first-order chi connectivity index (χ1) is 9.64. The lowest BCUT2D eigenvalue weighted by atomic mass is 9.88. The molecule has 20 heavy (non-hydrogen) atoms. The summed E-state index contributed by atoms with van der Waals surface area (Å²) in [6, 6.07) is 12.7. The summed E-state index contributed by atoms with van der Waals surface area (Å²) in [6.45, 7) is 4.36. The molecule has 0 amide bonds. The molecule has 0 spiro atoms. The van der Waals surface area contributed by atoms with Crippen LogP contribution < -0.4 is 5.32 Å². The highest BCUT2D eigenvalue weighted by molar-refractivity contribution is 7.99. The number of aliphatic hydroxyl groups excluding tert-OH is 1. The van der Waals surface area contributed by atoms with Gasteiger partial charge in [0.25, 0.3) is 0 Å². The second kappa shape index (κ2) is 9.02. The molecule has 1 aromatic rings. The minimum absolute atomic E-state index is 0.235. The fraction of sp³-hybridized carbons (Fsp3) is 0.562. The van der Waals surface area contributed by atoms with Gasteiger partial charge in [0.05, 0.1) is 6.07 Å². The van der Waals surface area contributed by atoms with Gasteiger partial charge in [0, 0.05) is 12.6 Å². The molecule has 1 aromatic carbocycles. The maximum absolute atomic E-state index is 9.72. The molecule has 0 aromatic heterocycles. The van der Waals surface area contributed by atoms with Crippen molar-refractivity contribution in [2.45, 2.75) is 38.3 Å². The Bertz CT molecular complexity index is 416. The summed E-state index contributed by atoms with van der Waals surface area (Å²) < 4.78 is 0. The molecule has 0 saturated heterocycles. The summed E-state index contributed by atoms with van der Waals surface area (Å²) in [6.07, 6.45) is 1.58. The van der Waals surface area contributed by atoms with Crippen molar-refractivity contribution in [2.24, 2.45) is 0 Å². The molecule has 1 atom stereocenters. The summed E-state index contributed by atoms with van der Waals surface area (Å²) in [7, 11) is 0. The smallest absolute Gasteiger partial charge is 0.133 e. The summed E-state index contributed by atoms with van der Waals surface area (Å²) in [5.41, 5.74) is 0.403. The molecule has 0 saturated carbocycles. The molecule has 0 aliphatic carbocycles. The van der Waals surface area contributed by atoms with E-state index in [9.17, 15) is 5.26 Å². The number of nitriles is 1. The number of hydrogen-bond donors (Lipinski definition) is 2. The lowest BCUT2D eigenvalue weighted by Crippen LogP contribution is -2.45. The Morgan fingerprint density at radius 1 is 1.30 bits per heavy atom. The summed E-state index contributed by atoms with van der Waals surface area (Å²) in [5, 5.41) is 21.9. The second-order valence-electron chi connectivity index (χ2n) is 5.12. The van der Waals surface area contributed by atoms with Gasteiger partial charge in [-0.25, -0.2) is 0 Å². The van der Waals surface area contributed by atoms with Gasteiger partial charge < -0.3 is 5.11 Å². The SMILES string of the molecule is CC(C)NC(C#N)(CCSCCCO)c1ccccc1. The number of aliphatic hydroxyl groups is 1. The highest BCUT2D eigenvalue weighted by Gasteiger charge is 2.32. The van der Waals surface area contributed by atoms with Crippen LogP contribution in [0.25, 0.3) is 0 Å². The molecule has 0 heterocycles. The highest BCUT2D eigenvalue weighted by Crippen LogP contribution is 2.27. The molecular weight excluding hydrogens is 268 g/mol. The predicted molar refractivity (Wildman–Crippen MR) is 85.6 cm³/mol. The Hall–Kier alpha value is -1.02. The highest BCUT2D eigenvalue weighted by atomic mass is 32.2. The standard InChI is InChI=1S/C16H24N2OS/c1-14(2)18-16(13-17,9-12-20-11-6-10-19)15-7-4-3-5-8-15/h3-5,7-8,14,18-19H,6,9-12H2,1-2H3. The van der Waals surface area contributed by atoms with E-state index >= 15 is 0 Å². The third-order valence-electron chi connectivity index (χ3n) is 3.06. The lowest BCUT2D eigenvalue weighted by Gasteiger charge is -2.30. The predicted octanol–water partition coefficient (Wildman–Crippen LogP) is 2.91. The molecule has 1 rings (SSSR count). The Labute approximate surface area is 126 Å². The maximum Gasteiger partial charge on any atom is 0.133 e. The van der Waals surface area contributed by atoms with Crippen LogP contribution in [0.5, 0.6) is 0 Å². The van der Waals surface area contributed by atoms with Crippen LogP contribution >= 0.6 is 11.8 Å². The molecule has 2 N–H and O–H groups in total. The Kier molecular flexibility index (Phi) is 7.68. The van der Waals surface area contributed by atoms with Gasteiger partial charge in [-0.15, -0.1) is 0 Å². The van der Waals surface area contributed by atoms with E-state index in [0.717, 1.165) is 29.9 Å². The molecule has 0 radical (unpaired) electrons. The van der Waals surface area contributed by atoms with Crippen LogP contribution in [0.4, 0.5) is 0 Å². The number of hydrogen-bond acceptors (Lipinski definition) is 4. The van der Waals surface area contributed by atoms with E-state index in [4.69, 9.17) is 5.11 Å². The third kappa shape index (κ3) is 5.16. The second-order valence-corrected chi connectivity index (χ2v) is 6.35. The van der Waals surface area contributed by atoms with Crippen LogP contribution in [0.3, 0.4) is 0 Å². The molecule has 3 nitrogen and oxygen atoms in total. The topological polar surface area (TPSA) is 56.0 Å². The maximum atomic E-state index is 9.72. The van der Waals surface area contributed by atoms with E-state index in [-0.39, 0.29) is 12.6 Å². The van der Waals surface area contributed by atoms with Gasteiger partial charge in [0.2, 0.25) is 0 Å². The van der Waals surface area contributed by atoms with Gasteiger partial charge >= 0.3 is 0 Å². The van der Waals surface area contributed by atoms with Gasteiger partial charge in [0.15, 0.2) is 0 Å². The van der Waals surface area contributed by atoms with E-state index < -0.39 is 5.54 Å².